The van der Waals surface area contributed by atoms with Gasteiger partial charge in [0.2, 0.25) is 0 Å². The molecule has 3 heteroatoms. The normalized spacial score (nSPS) is 21.2. The Hall–Kier alpha value is -0.830. The van der Waals surface area contributed by atoms with Gasteiger partial charge in [-0.1, -0.05) is 0 Å². The van der Waals surface area contributed by atoms with Crippen molar-refractivity contribution in [2.45, 2.75) is 26.2 Å². The van der Waals surface area contributed by atoms with Gasteiger partial charge in [0.1, 0.15) is 0 Å². The largest absolute Gasteiger partial charge is 0.481 e. The second-order valence-corrected chi connectivity index (χ2v) is 4.92. The molecular weight excluding hydrogens is 184 g/mol. The van der Waals surface area contributed by atoms with Gasteiger partial charge < -0.3 is 5.11 Å². The lowest BCUT2D eigenvalue weighted by Crippen LogP contribution is -2.20. The summed E-state index contributed by atoms with van der Waals surface area (Å²) in [5.74, 6) is -0.790. The van der Waals surface area contributed by atoms with E-state index in [1.807, 2.05) is 0 Å². The topological polar surface area (TPSA) is 37.3 Å². The number of thiophene rings is 1. The number of aryl methyl sites for hydroxylation is 2. The fourth-order valence-corrected chi connectivity index (χ4v) is 3.03. The lowest BCUT2D eigenvalue weighted by molar-refractivity contribution is -0.142. The Morgan fingerprint density at radius 3 is 3.15 bits per heavy atom. The van der Waals surface area contributed by atoms with Gasteiger partial charge in [0.15, 0.2) is 0 Å². The molecule has 0 saturated carbocycles. The summed E-state index contributed by atoms with van der Waals surface area (Å²) in [7, 11) is 0. The van der Waals surface area contributed by atoms with Crippen LogP contribution in [0.5, 0.6) is 0 Å². The highest BCUT2D eigenvalue weighted by Crippen LogP contribution is 2.31. The number of aliphatic carboxylic acids is 1. The minimum Gasteiger partial charge on any atom is -0.481 e. The van der Waals surface area contributed by atoms with E-state index in [-0.39, 0.29) is 5.92 Å². The van der Waals surface area contributed by atoms with Crippen LogP contribution < -0.4 is 0 Å². The summed E-state index contributed by atoms with van der Waals surface area (Å²) in [5.41, 5.74) is 1.38. The Morgan fingerprint density at radius 1 is 1.69 bits per heavy atom. The van der Waals surface area contributed by atoms with Crippen molar-refractivity contribution >= 4 is 17.3 Å². The summed E-state index contributed by atoms with van der Waals surface area (Å²) < 4.78 is 0. The summed E-state index contributed by atoms with van der Waals surface area (Å²) in [6, 6.07) is 2.19. The average Bonchev–Trinajstić information content (AvgIpc) is 2.42. The fraction of sp³-hybridized carbons (Fsp3) is 0.500. The van der Waals surface area contributed by atoms with Crippen molar-refractivity contribution in [2.75, 3.05) is 0 Å². The van der Waals surface area contributed by atoms with Crippen molar-refractivity contribution in [3.05, 3.63) is 21.4 Å². The minimum atomic E-state index is -0.642. The van der Waals surface area contributed by atoms with Gasteiger partial charge in [-0.05, 0) is 37.8 Å². The second-order valence-electron chi connectivity index (χ2n) is 3.58. The molecule has 70 valence electrons. The summed E-state index contributed by atoms with van der Waals surface area (Å²) in [6.07, 6.45) is 2.48. The number of hydrogen-bond donors (Lipinski definition) is 1. The maximum absolute atomic E-state index is 10.8. The Balaban J connectivity index is 2.24. The number of carboxylic acid groups (broad SMARTS) is 1. The van der Waals surface area contributed by atoms with Crippen molar-refractivity contribution in [1.29, 1.82) is 0 Å². The van der Waals surface area contributed by atoms with E-state index in [0.29, 0.717) is 0 Å². The summed E-state index contributed by atoms with van der Waals surface area (Å²) in [4.78, 5) is 13.4. The molecule has 0 spiro atoms. The van der Waals surface area contributed by atoms with Gasteiger partial charge in [0.25, 0.3) is 0 Å². The second kappa shape index (κ2) is 3.14. The van der Waals surface area contributed by atoms with Crippen molar-refractivity contribution in [1.82, 2.24) is 0 Å². The van der Waals surface area contributed by atoms with Crippen LogP contribution in [0.1, 0.15) is 21.7 Å². The Morgan fingerprint density at radius 2 is 2.46 bits per heavy atom. The maximum Gasteiger partial charge on any atom is 0.306 e. The quantitative estimate of drug-likeness (QED) is 0.748. The van der Waals surface area contributed by atoms with E-state index in [4.69, 9.17) is 5.11 Å². The Kier molecular flexibility index (Phi) is 2.12. The molecule has 13 heavy (non-hydrogen) atoms. The molecule has 1 aromatic heterocycles. The molecule has 1 unspecified atom stereocenters. The molecule has 1 N–H and O–H groups in total. The molecule has 0 saturated heterocycles. The van der Waals surface area contributed by atoms with Gasteiger partial charge >= 0.3 is 5.97 Å². The molecule has 2 rings (SSSR count). The predicted octanol–water partition coefficient (Wildman–Crippen LogP) is 2.25. The van der Waals surface area contributed by atoms with Crippen LogP contribution in [0.3, 0.4) is 0 Å². The first-order valence-electron chi connectivity index (χ1n) is 4.48. The highest BCUT2D eigenvalue weighted by molar-refractivity contribution is 7.12. The Bertz CT molecular complexity index is 341. The number of fused-ring (bicyclic) bond motifs is 1. The molecule has 0 bridgehead atoms. The van der Waals surface area contributed by atoms with E-state index in [0.717, 1.165) is 19.3 Å². The highest BCUT2D eigenvalue weighted by Gasteiger charge is 2.25. The monoisotopic (exact) mass is 196 g/mol. The van der Waals surface area contributed by atoms with Gasteiger partial charge in [-0.15, -0.1) is 11.3 Å². The zero-order chi connectivity index (χ0) is 9.42. The third kappa shape index (κ3) is 1.61. The molecule has 0 amide bonds. The van der Waals surface area contributed by atoms with Crippen LogP contribution in [-0.2, 0) is 17.6 Å². The lowest BCUT2D eigenvalue weighted by Gasteiger charge is -2.17. The van der Waals surface area contributed by atoms with E-state index in [1.165, 1.54) is 15.3 Å². The van der Waals surface area contributed by atoms with E-state index in [2.05, 4.69) is 13.0 Å². The molecule has 1 aromatic rings. The molecular formula is C10H12O2S. The van der Waals surface area contributed by atoms with Crippen LogP contribution in [0.4, 0.5) is 0 Å². The maximum atomic E-state index is 10.8. The van der Waals surface area contributed by atoms with E-state index < -0.39 is 5.97 Å². The predicted molar refractivity (Wildman–Crippen MR) is 52.2 cm³/mol. The van der Waals surface area contributed by atoms with Crippen molar-refractivity contribution in [3.8, 4) is 0 Å². The van der Waals surface area contributed by atoms with E-state index >= 15 is 0 Å². The molecule has 1 aliphatic carbocycles. The zero-order valence-corrected chi connectivity index (χ0v) is 8.36. The fourth-order valence-electron chi connectivity index (χ4n) is 1.87. The van der Waals surface area contributed by atoms with Crippen molar-refractivity contribution in [2.24, 2.45) is 5.92 Å². The van der Waals surface area contributed by atoms with Gasteiger partial charge in [-0.2, -0.15) is 0 Å². The molecule has 0 radical (unpaired) electrons. The van der Waals surface area contributed by atoms with Gasteiger partial charge in [0.05, 0.1) is 5.92 Å². The van der Waals surface area contributed by atoms with Crippen LogP contribution in [-0.4, -0.2) is 11.1 Å². The zero-order valence-electron chi connectivity index (χ0n) is 7.54. The molecule has 1 heterocycles. The Labute approximate surface area is 81.2 Å². The third-order valence-electron chi connectivity index (χ3n) is 2.56. The van der Waals surface area contributed by atoms with Crippen LogP contribution >= 0.6 is 11.3 Å². The van der Waals surface area contributed by atoms with Crippen molar-refractivity contribution in [3.63, 3.8) is 0 Å². The first-order chi connectivity index (χ1) is 6.16. The molecule has 1 aliphatic rings. The number of hydrogen-bond acceptors (Lipinski definition) is 2. The molecule has 2 nitrogen and oxygen atoms in total. The standard InChI is InChI=1S/C10H12O2S/c1-6-4-7-2-3-8(10(11)12)5-9(7)13-6/h4,8H,2-3,5H2,1H3,(H,11,12). The molecule has 0 aliphatic heterocycles. The minimum absolute atomic E-state index is 0.148. The van der Waals surface area contributed by atoms with Crippen LogP contribution in [0.2, 0.25) is 0 Å². The highest BCUT2D eigenvalue weighted by atomic mass is 32.1. The SMILES string of the molecule is Cc1cc2c(s1)CC(C(=O)O)CC2. The molecule has 0 aromatic carbocycles. The van der Waals surface area contributed by atoms with Gasteiger partial charge in [0, 0.05) is 9.75 Å². The average molecular weight is 196 g/mol. The number of carbonyl (C=O) groups is 1. The molecule has 0 fully saturated rings. The summed E-state index contributed by atoms with van der Waals surface area (Å²) in [5, 5.41) is 8.88. The molecule has 1 atom stereocenters. The van der Waals surface area contributed by atoms with Crippen LogP contribution in [0, 0.1) is 12.8 Å². The van der Waals surface area contributed by atoms with Gasteiger partial charge in [-0.3, -0.25) is 4.79 Å². The first-order valence-corrected chi connectivity index (χ1v) is 5.29. The summed E-state index contributed by atoms with van der Waals surface area (Å²) in [6.45, 7) is 2.08. The van der Waals surface area contributed by atoms with E-state index in [1.54, 1.807) is 11.3 Å². The number of rotatable bonds is 1. The first kappa shape index (κ1) is 8.75. The van der Waals surface area contributed by atoms with Gasteiger partial charge in [-0.25, -0.2) is 0 Å². The van der Waals surface area contributed by atoms with E-state index in [9.17, 15) is 4.79 Å². The smallest absolute Gasteiger partial charge is 0.306 e. The van der Waals surface area contributed by atoms with Crippen LogP contribution in [0.15, 0.2) is 6.07 Å². The lowest BCUT2D eigenvalue weighted by atomic mass is 9.89. The third-order valence-corrected chi connectivity index (χ3v) is 3.68. The van der Waals surface area contributed by atoms with Crippen molar-refractivity contribution < 1.29 is 9.90 Å². The number of carboxylic acids is 1. The van der Waals surface area contributed by atoms with Crippen LogP contribution in [0.25, 0.3) is 0 Å². The summed E-state index contributed by atoms with van der Waals surface area (Å²) >= 11 is 1.75.